The van der Waals surface area contributed by atoms with E-state index in [1.807, 2.05) is 0 Å². The van der Waals surface area contributed by atoms with Crippen LogP contribution in [0.4, 0.5) is 8.78 Å². The van der Waals surface area contributed by atoms with Gasteiger partial charge in [0.1, 0.15) is 16.7 Å². The third-order valence-corrected chi connectivity index (χ3v) is 6.36. The van der Waals surface area contributed by atoms with Gasteiger partial charge in [-0.2, -0.15) is 0 Å². The minimum absolute atomic E-state index is 0.278. The van der Waals surface area contributed by atoms with Gasteiger partial charge in [0.05, 0.1) is 0 Å². The summed E-state index contributed by atoms with van der Waals surface area (Å²) in [6, 6.07) is 2.88. The maximum atomic E-state index is 13.7. The van der Waals surface area contributed by atoms with Gasteiger partial charge in [-0.1, -0.05) is 37.1 Å². The van der Waals surface area contributed by atoms with Crippen molar-refractivity contribution in [2.24, 2.45) is 17.8 Å². The molecule has 0 amide bonds. The van der Waals surface area contributed by atoms with Crippen molar-refractivity contribution < 1.29 is 8.78 Å². The molecule has 0 spiro atoms. The van der Waals surface area contributed by atoms with Crippen LogP contribution >= 0.6 is 11.6 Å². The second-order valence-electron chi connectivity index (χ2n) is 7.62. The Morgan fingerprint density at radius 2 is 1.71 bits per heavy atom. The predicted molar refractivity (Wildman–Crippen MR) is 96.3 cm³/mol. The molecule has 4 atom stereocenters. The summed E-state index contributed by atoms with van der Waals surface area (Å²) in [5, 5.41) is -0.383. The Morgan fingerprint density at radius 3 is 2.42 bits per heavy atom. The second kappa shape index (κ2) is 7.99. The van der Waals surface area contributed by atoms with Gasteiger partial charge in [0.2, 0.25) is 0 Å². The van der Waals surface area contributed by atoms with Gasteiger partial charge >= 0.3 is 0 Å². The highest BCUT2D eigenvalue weighted by molar-refractivity contribution is 6.30. The van der Waals surface area contributed by atoms with Crippen molar-refractivity contribution in [2.45, 2.75) is 64.2 Å². The van der Waals surface area contributed by atoms with Crippen LogP contribution < -0.4 is 0 Å². The smallest absolute Gasteiger partial charge is 0.145 e. The molecule has 3 rings (SSSR count). The number of allylic oxidation sites excluding steroid dienone is 2. The van der Waals surface area contributed by atoms with Gasteiger partial charge in [-0.3, -0.25) is 0 Å². The first-order valence-corrected chi connectivity index (χ1v) is 9.77. The van der Waals surface area contributed by atoms with Gasteiger partial charge < -0.3 is 0 Å². The Bertz CT molecular complexity index is 572. The number of hydrogen-bond acceptors (Lipinski definition) is 0. The van der Waals surface area contributed by atoms with E-state index in [0.717, 1.165) is 30.2 Å². The number of unbranched alkanes of at least 4 members (excludes halogenated alkanes) is 1. The van der Waals surface area contributed by atoms with Gasteiger partial charge in [0.15, 0.2) is 0 Å². The summed E-state index contributed by atoms with van der Waals surface area (Å²) in [6.07, 6.45) is 14.2. The zero-order valence-corrected chi connectivity index (χ0v) is 15.2. The van der Waals surface area contributed by atoms with E-state index in [2.05, 4.69) is 19.1 Å². The fraction of sp³-hybridized carbons (Fsp3) is 0.619. The summed E-state index contributed by atoms with van der Waals surface area (Å²) >= 11 is 5.61. The summed E-state index contributed by atoms with van der Waals surface area (Å²) in [5.74, 6) is 1.26. The van der Waals surface area contributed by atoms with Crippen molar-refractivity contribution in [3.8, 4) is 0 Å². The summed E-state index contributed by atoms with van der Waals surface area (Å²) in [6.45, 7) is 2.21. The molecule has 2 aliphatic carbocycles. The average Bonchev–Trinajstić information content (AvgIpc) is 2.59. The Morgan fingerprint density at radius 1 is 1.04 bits per heavy atom. The normalized spacial score (nSPS) is 30.5. The molecule has 0 nitrogen and oxygen atoms in total. The molecule has 0 bridgehead atoms. The first-order chi connectivity index (χ1) is 11.6. The molecule has 2 fully saturated rings. The van der Waals surface area contributed by atoms with E-state index in [0.29, 0.717) is 5.92 Å². The monoisotopic (exact) mass is 352 g/mol. The minimum atomic E-state index is -0.626. The van der Waals surface area contributed by atoms with Crippen LogP contribution in [0, 0.1) is 29.4 Å². The first-order valence-electron chi connectivity index (χ1n) is 9.39. The lowest BCUT2D eigenvalue weighted by molar-refractivity contribution is 0.133. The van der Waals surface area contributed by atoms with Crippen molar-refractivity contribution in [3.05, 3.63) is 46.5 Å². The average molecular weight is 353 g/mol. The van der Waals surface area contributed by atoms with Crippen LogP contribution in [-0.2, 0) is 0 Å². The van der Waals surface area contributed by atoms with Crippen LogP contribution in [0.3, 0.4) is 0 Å². The maximum Gasteiger partial charge on any atom is 0.145 e. The molecule has 1 aromatic carbocycles. The van der Waals surface area contributed by atoms with Crippen LogP contribution in [0.5, 0.6) is 0 Å². The predicted octanol–water partition coefficient (Wildman–Crippen LogP) is 7.27. The number of halogens is 3. The molecule has 0 aromatic heterocycles. The molecular formula is C21H27ClF2. The SMILES string of the molecule is CCCC=CC1CCC2CC(c3cc(F)c(Cl)c(F)c3)CCC2C1. The summed E-state index contributed by atoms with van der Waals surface area (Å²) in [5.41, 5.74) is 0.790. The van der Waals surface area contributed by atoms with E-state index in [4.69, 9.17) is 11.6 Å². The lowest BCUT2D eigenvalue weighted by atomic mass is 9.64. The third kappa shape index (κ3) is 4.02. The standard InChI is InChI=1S/C21H27ClF2/c1-2-3-4-5-14-6-7-16-11-17(9-8-15(16)10-14)18-12-19(23)21(22)20(24)13-18/h4-5,12-17H,2-3,6-11H2,1H3. The topological polar surface area (TPSA) is 0 Å². The molecule has 0 aliphatic heterocycles. The van der Waals surface area contributed by atoms with Crippen LogP contribution in [0.2, 0.25) is 5.02 Å². The Balaban J connectivity index is 1.62. The molecule has 1 aromatic rings. The van der Waals surface area contributed by atoms with E-state index in [1.54, 1.807) is 0 Å². The summed E-state index contributed by atoms with van der Waals surface area (Å²) in [7, 11) is 0. The number of fused-ring (bicyclic) bond motifs is 1. The highest BCUT2D eigenvalue weighted by Gasteiger charge is 2.35. The quantitative estimate of drug-likeness (QED) is 0.394. The highest BCUT2D eigenvalue weighted by atomic mass is 35.5. The lowest BCUT2D eigenvalue weighted by Gasteiger charge is -2.42. The van der Waals surface area contributed by atoms with Crippen molar-refractivity contribution in [1.82, 2.24) is 0 Å². The second-order valence-corrected chi connectivity index (χ2v) is 8.00. The van der Waals surface area contributed by atoms with Crippen LogP contribution in [-0.4, -0.2) is 0 Å². The van der Waals surface area contributed by atoms with Crippen LogP contribution in [0.25, 0.3) is 0 Å². The molecule has 0 saturated heterocycles. The van der Waals surface area contributed by atoms with Crippen molar-refractivity contribution in [3.63, 3.8) is 0 Å². The molecule has 2 aliphatic rings. The van der Waals surface area contributed by atoms with Crippen LogP contribution in [0.15, 0.2) is 24.3 Å². The lowest BCUT2D eigenvalue weighted by Crippen LogP contribution is -2.30. The van der Waals surface area contributed by atoms with Crippen molar-refractivity contribution in [2.75, 3.05) is 0 Å². The number of benzene rings is 1. The Hall–Kier alpha value is -0.890. The Labute approximate surface area is 149 Å². The fourth-order valence-electron chi connectivity index (χ4n) is 4.67. The summed E-state index contributed by atoms with van der Waals surface area (Å²) < 4.78 is 27.5. The molecule has 2 saturated carbocycles. The number of hydrogen-bond donors (Lipinski definition) is 0. The fourth-order valence-corrected chi connectivity index (χ4v) is 4.78. The largest absolute Gasteiger partial charge is 0.205 e. The van der Waals surface area contributed by atoms with Crippen molar-refractivity contribution >= 4 is 11.6 Å². The van der Waals surface area contributed by atoms with E-state index in [1.165, 1.54) is 50.7 Å². The van der Waals surface area contributed by atoms with Gasteiger partial charge in [0.25, 0.3) is 0 Å². The van der Waals surface area contributed by atoms with E-state index in [-0.39, 0.29) is 10.9 Å². The molecule has 132 valence electrons. The number of rotatable bonds is 4. The zero-order chi connectivity index (χ0) is 17.1. The maximum absolute atomic E-state index is 13.7. The Kier molecular flexibility index (Phi) is 5.97. The third-order valence-electron chi connectivity index (χ3n) is 5.99. The molecule has 0 N–H and O–H groups in total. The van der Waals surface area contributed by atoms with E-state index >= 15 is 0 Å². The highest BCUT2D eigenvalue weighted by Crippen LogP contribution is 2.48. The van der Waals surface area contributed by atoms with Gasteiger partial charge in [0, 0.05) is 0 Å². The van der Waals surface area contributed by atoms with E-state index < -0.39 is 11.6 Å². The van der Waals surface area contributed by atoms with Gasteiger partial charge in [-0.25, -0.2) is 8.78 Å². The minimum Gasteiger partial charge on any atom is -0.205 e. The van der Waals surface area contributed by atoms with Crippen molar-refractivity contribution in [1.29, 1.82) is 0 Å². The van der Waals surface area contributed by atoms with Gasteiger partial charge in [-0.05, 0) is 86.3 Å². The van der Waals surface area contributed by atoms with Gasteiger partial charge in [-0.15, -0.1) is 0 Å². The van der Waals surface area contributed by atoms with Crippen LogP contribution in [0.1, 0.15) is 69.8 Å². The first kappa shape index (κ1) is 17.9. The zero-order valence-electron chi connectivity index (χ0n) is 14.4. The molecular weight excluding hydrogens is 326 g/mol. The summed E-state index contributed by atoms with van der Waals surface area (Å²) in [4.78, 5) is 0. The molecule has 24 heavy (non-hydrogen) atoms. The van der Waals surface area contributed by atoms with E-state index in [9.17, 15) is 8.78 Å². The molecule has 0 heterocycles. The molecule has 4 unspecified atom stereocenters. The molecule has 0 radical (unpaired) electrons. The molecule has 3 heteroatoms.